The summed E-state index contributed by atoms with van der Waals surface area (Å²) in [6, 6.07) is 4.54. The average molecular weight is 253 g/mol. The van der Waals surface area contributed by atoms with Gasteiger partial charge in [-0.3, -0.25) is 15.0 Å². The lowest BCUT2D eigenvalue weighted by molar-refractivity contribution is -0.121. The largest absolute Gasteiger partial charge is 0.493 e. The first kappa shape index (κ1) is 13.8. The molecule has 0 atom stereocenters. The molecule has 2 amide bonds. The van der Waals surface area contributed by atoms with E-state index in [9.17, 15) is 9.59 Å². The molecule has 0 heterocycles. The molecule has 0 saturated carbocycles. The van der Waals surface area contributed by atoms with E-state index in [4.69, 9.17) is 21.1 Å². The van der Waals surface area contributed by atoms with Crippen molar-refractivity contribution in [3.63, 3.8) is 0 Å². The summed E-state index contributed by atoms with van der Waals surface area (Å²) in [7, 11) is 1.44. The van der Waals surface area contributed by atoms with Crippen molar-refractivity contribution in [1.29, 1.82) is 0 Å². The molecule has 18 heavy (non-hydrogen) atoms. The van der Waals surface area contributed by atoms with Crippen LogP contribution < -0.4 is 26.5 Å². The third-order valence-corrected chi connectivity index (χ3v) is 2.20. The molecule has 0 radical (unpaired) electrons. The number of hydrogen-bond donors (Lipinski definition) is 3. The molecule has 1 aromatic carbocycles. The maximum atomic E-state index is 11.0. The van der Waals surface area contributed by atoms with Crippen molar-refractivity contribution >= 4 is 11.8 Å². The lowest BCUT2D eigenvalue weighted by Crippen LogP contribution is -2.31. The maximum Gasteiger partial charge on any atom is 0.248 e. The van der Waals surface area contributed by atoms with Crippen molar-refractivity contribution in [3.8, 4) is 11.5 Å². The van der Waals surface area contributed by atoms with Gasteiger partial charge in [-0.05, 0) is 18.2 Å². The Morgan fingerprint density at radius 2 is 2.06 bits per heavy atom. The van der Waals surface area contributed by atoms with Crippen LogP contribution in [-0.2, 0) is 4.79 Å². The first-order valence-electron chi connectivity index (χ1n) is 5.18. The van der Waals surface area contributed by atoms with Gasteiger partial charge in [-0.1, -0.05) is 0 Å². The molecule has 1 rings (SSSR count). The van der Waals surface area contributed by atoms with E-state index in [0.717, 1.165) is 0 Å². The molecule has 1 aromatic rings. The van der Waals surface area contributed by atoms with E-state index in [-0.39, 0.29) is 18.9 Å². The zero-order chi connectivity index (χ0) is 13.5. The normalized spacial score (nSPS) is 9.67. The monoisotopic (exact) mass is 253 g/mol. The minimum absolute atomic E-state index is 0.122. The maximum absolute atomic E-state index is 11.0. The van der Waals surface area contributed by atoms with Gasteiger partial charge in [0.2, 0.25) is 11.8 Å². The molecule has 0 saturated heterocycles. The molecule has 0 bridgehead atoms. The van der Waals surface area contributed by atoms with Gasteiger partial charge >= 0.3 is 0 Å². The van der Waals surface area contributed by atoms with E-state index in [2.05, 4.69) is 0 Å². The van der Waals surface area contributed by atoms with Crippen LogP contribution in [0.3, 0.4) is 0 Å². The quantitative estimate of drug-likeness (QED) is 0.361. The fourth-order valence-electron chi connectivity index (χ4n) is 1.27. The Bertz CT molecular complexity index is 448. The van der Waals surface area contributed by atoms with Gasteiger partial charge in [0, 0.05) is 5.56 Å². The topological polar surface area (TPSA) is 117 Å². The number of carbonyl (C=O) groups excluding carboxylic acids is 2. The van der Waals surface area contributed by atoms with Crippen LogP contribution >= 0.6 is 0 Å². The molecule has 0 unspecified atom stereocenters. The highest BCUT2D eigenvalue weighted by Crippen LogP contribution is 2.27. The average Bonchev–Trinajstić information content (AvgIpc) is 2.38. The van der Waals surface area contributed by atoms with Crippen molar-refractivity contribution in [1.82, 2.24) is 5.43 Å². The summed E-state index contributed by atoms with van der Waals surface area (Å²) in [5, 5.41) is 0. The van der Waals surface area contributed by atoms with Crippen molar-refractivity contribution in [2.24, 2.45) is 11.6 Å². The number of hydrogen-bond acceptors (Lipinski definition) is 5. The number of nitrogens with one attached hydrogen (secondary N) is 1. The Morgan fingerprint density at radius 1 is 1.33 bits per heavy atom. The van der Waals surface area contributed by atoms with Gasteiger partial charge in [-0.2, -0.15) is 0 Å². The second-order valence-electron chi connectivity index (χ2n) is 3.40. The van der Waals surface area contributed by atoms with Gasteiger partial charge in [-0.15, -0.1) is 0 Å². The van der Waals surface area contributed by atoms with E-state index in [1.807, 2.05) is 5.43 Å². The van der Waals surface area contributed by atoms with Gasteiger partial charge in [0.1, 0.15) is 0 Å². The fourth-order valence-corrected chi connectivity index (χ4v) is 1.27. The number of carbonyl (C=O) groups is 2. The molecule has 0 fully saturated rings. The van der Waals surface area contributed by atoms with Gasteiger partial charge in [-0.25, -0.2) is 5.84 Å². The summed E-state index contributed by atoms with van der Waals surface area (Å²) in [4.78, 5) is 21.9. The van der Waals surface area contributed by atoms with E-state index in [0.29, 0.717) is 17.1 Å². The third-order valence-electron chi connectivity index (χ3n) is 2.20. The number of methoxy groups -OCH3 is 1. The number of ether oxygens (including phenoxy) is 2. The van der Waals surface area contributed by atoms with E-state index in [1.165, 1.54) is 19.2 Å². The summed E-state index contributed by atoms with van der Waals surface area (Å²) in [6.07, 6.45) is 0.122. The lowest BCUT2D eigenvalue weighted by atomic mass is 10.2. The van der Waals surface area contributed by atoms with Crippen molar-refractivity contribution in [3.05, 3.63) is 23.8 Å². The molecule has 7 heteroatoms. The van der Waals surface area contributed by atoms with Crippen LogP contribution in [0.4, 0.5) is 0 Å². The summed E-state index contributed by atoms with van der Waals surface area (Å²) < 4.78 is 10.4. The van der Waals surface area contributed by atoms with Crippen LogP contribution in [0.25, 0.3) is 0 Å². The minimum atomic E-state index is -0.553. The third kappa shape index (κ3) is 3.63. The predicted molar refractivity (Wildman–Crippen MR) is 64.0 cm³/mol. The summed E-state index contributed by atoms with van der Waals surface area (Å²) in [6.45, 7) is 0.148. The first-order chi connectivity index (χ1) is 8.58. The summed E-state index contributed by atoms with van der Waals surface area (Å²) in [5.74, 6) is 4.84. The highest BCUT2D eigenvalue weighted by molar-refractivity contribution is 5.93. The summed E-state index contributed by atoms with van der Waals surface area (Å²) in [5.41, 5.74) is 7.45. The Kier molecular flexibility index (Phi) is 4.94. The van der Waals surface area contributed by atoms with Gasteiger partial charge < -0.3 is 15.2 Å². The Balaban J connectivity index is 2.71. The molecule has 0 aliphatic rings. The molecule has 0 aromatic heterocycles. The van der Waals surface area contributed by atoms with E-state index < -0.39 is 5.91 Å². The molecule has 0 spiro atoms. The minimum Gasteiger partial charge on any atom is -0.493 e. The SMILES string of the molecule is COc1cc(C(N)=O)ccc1OCCC(=O)NN. The van der Waals surface area contributed by atoms with E-state index >= 15 is 0 Å². The van der Waals surface area contributed by atoms with Crippen LogP contribution in [0.1, 0.15) is 16.8 Å². The Morgan fingerprint density at radius 3 is 2.61 bits per heavy atom. The zero-order valence-corrected chi connectivity index (χ0v) is 9.93. The van der Waals surface area contributed by atoms with E-state index in [1.54, 1.807) is 6.07 Å². The van der Waals surface area contributed by atoms with Crippen molar-refractivity contribution in [2.45, 2.75) is 6.42 Å². The first-order valence-corrected chi connectivity index (χ1v) is 5.18. The second kappa shape index (κ2) is 6.45. The number of primary amides is 1. The molecule has 0 aliphatic heterocycles. The molecular weight excluding hydrogens is 238 g/mol. The van der Waals surface area contributed by atoms with Crippen molar-refractivity contribution < 1.29 is 19.1 Å². The number of nitrogens with two attached hydrogens (primary N) is 2. The number of benzene rings is 1. The van der Waals surface area contributed by atoms with Crippen LogP contribution in [0.15, 0.2) is 18.2 Å². The molecule has 0 aliphatic carbocycles. The van der Waals surface area contributed by atoms with Crippen LogP contribution in [-0.4, -0.2) is 25.5 Å². The van der Waals surface area contributed by atoms with Crippen LogP contribution in [0.5, 0.6) is 11.5 Å². The smallest absolute Gasteiger partial charge is 0.248 e. The molecule has 7 nitrogen and oxygen atoms in total. The van der Waals surface area contributed by atoms with Gasteiger partial charge in [0.25, 0.3) is 0 Å². The fraction of sp³-hybridized carbons (Fsp3) is 0.273. The molecule has 5 N–H and O–H groups in total. The van der Waals surface area contributed by atoms with Crippen LogP contribution in [0, 0.1) is 0 Å². The van der Waals surface area contributed by atoms with Gasteiger partial charge in [0.05, 0.1) is 20.1 Å². The summed E-state index contributed by atoms with van der Waals surface area (Å²) >= 11 is 0. The number of amides is 2. The highest BCUT2D eigenvalue weighted by atomic mass is 16.5. The second-order valence-corrected chi connectivity index (χ2v) is 3.40. The standard InChI is InChI=1S/C11H15N3O4/c1-17-9-6-7(11(12)16)2-3-8(9)18-5-4-10(15)14-13/h2-3,6H,4-5,13H2,1H3,(H2,12,16)(H,14,15). The van der Waals surface area contributed by atoms with Gasteiger partial charge in [0.15, 0.2) is 11.5 Å². The molecule has 98 valence electrons. The Hall–Kier alpha value is -2.28. The lowest BCUT2D eigenvalue weighted by Gasteiger charge is -2.11. The van der Waals surface area contributed by atoms with Crippen molar-refractivity contribution in [2.75, 3.05) is 13.7 Å². The zero-order valence-electron chi connectivity index (χ0n) is 9.93. The molecular formula is C11H15N3O4. The number of rotatable bonds is 6. The highest BCUT2D eigenvalue weighted by Gasteiger charge is 2.09. The predicted octanol–water partition coefficient (Wildman–Crippen LogP) is -0.447. The Labute approximate surface area is 104 Å². The van der Waals surface area contributed by atoms with Crippen LogP contribution in [0.2, 0.25) is 0 Å². The number of hydrazine groups is 1.